The Hall–Kier alpha value is -0.920. The molecular weight excluding hydrogens is 124 g/mol. The molecule has 0 amide bonds. The minimum absolute atomic E-state index is 0.0677. The molecular formula is C8H13N2+. The molecule has 0 aromatic carbocycles. The van der Waals surface area contributed by atoms with Gasteiger partial charge in [0.2, 0.25) is 0 Å². The van der Waals surface area contributed by atoms with Gasteiger partial charge < -0.3 is 0 Å². The van der Waals surface area contributed by atoms with Crippen LogP contribution in [-0.4, -0.2) is 29.7 Å². The van der Waals surface area contributed by atoms with Gasteiger partial charge in [-0.2, -0.15) is 0 Å². The van der Waals surface area contributed by atoms with Crippen LogP contribution in [0.25, 0.3) is 0 Å². The summed E-state index contributed by atoms with van der Waals surface area (Å²) in [5.74, 6) is 0. The maximum atomic E-state index is 4.31. The van der Waals surface area contributed by atoms with E-state index in [1.54, 1.807) is 0 Å². The standard InChI is InChI=1S/C8H13N2/c1-4-5-8(2)9-6-7-10(8)3/h4,6-7H,1,5H2,2-3H3/q+1. The summed E-state index contributed by atoms with van der Waals surface area (Å²) in [5.41, 5.74) is -0.0677. The van der Waals surface area contributed by atoms with Gasteiger partial charge in [0.05, 0.1) is 12.6 Å². The third kappa shape index (κ3) is 1.01. The number of rotatable bonds is 2. The van der Waals surface area contributed by atoms with Crippen molar-refractivity contribution in [1.29, 1.82) is 0 Å². The summed E-state index contributed by atoms with van der Waals surface area (Å²) >= 11 is 0. The maximum absolute atomic E-state index is 4.31. The molecule has 0 aliphatic carbocycles. The van der Waals surface area contributed by atoms with Crippen LogP contribution in [0.4, 0.5) is 0 Å². The Balaban J connectivity index is 2.77. The van der Waals surface area contributed by atoms with Crippen molar-refractivity contribution >= 4 is 12.4 Å². The van der Waals surface area contributed by atoms with Crippen LogP contribution in [0.5, 0.6) is 0 Å². The van der Waals surface area contributed by atoms with E-state index in [0.29, 0.717) is 0 Å². The molecule has 0 radical (unpaired) electrons. The van der Waals surface area contributed by atoms with Crippen molar-refractivity contribution in [2.45, 2.75) is 19.0 Å². The van der Waals surface area contributed by atoms with Crippen LogP contribution in [0.15, 0.2) is 17.6 Å². The molecule has 0 saturated heterocycles. The van der Waals surface area contributed by atoms with Gasteiger partial charge in [-0.25, -0.2) is 9.57 Å². The summed E-state index contributed by atoms with van der Waals surface area (Å²) in [7, 11) is 2.02. The smallest absolute Gasteiger partial charge is 0.217 e. The lowest BCUT2D eigenvalue weighted by Crippen LogP contribution is -2.31. The predicted molar refractivity (Wildman–Crippen MR) is 44.0 cm³/mol. The molecule has 0 fully saturated rings. The molecule has 10 heavy (non-hydrogen) atoms. The lowest BCUT2D eigenvalue weighted by Gasteiger charge is -2.14. The molecule has 2 nitrogen and oxygen atoms in total. The highest BCUT2D eigenvalue weighted by molar-refractivity contribution is 6.14. The molecule has 0 saturated carbocycles. The maximum Gasteiger partial charge on any atom is 0.255 e. The number of hydrogen-bond donors (Lipinski definition) is 0. The van der Waals surface area contributed by atoms with E-state index in [1.807, 2.05) is 25.6 Å². The molecule has 0 aromatic rings. The SMILES string of the molecule is C=CCC1(C)N=CC=[N+]1C. The Bertz CT molecular complexity index is 203. The first-order chi connectivity index (χ1) is 4.69. The Morgan fingerprint density at radius 1 is 1.80 bits per heavy atom. The van der Waals surface area contributed by atoms with Gasteiger partial charge in [-0.3, -0.25) is 0 Å². The fourth-order valence-electron chi connectivity index (χ4n) is 1.02. The topological polar surface area (TPSA) is 15.4 Å². The molecule has 0 spiro atoms. The minimum Gasteiger partial charge on any atom is -0.217 e. The highest BCUT2D eigenvalue weighted by atomic mass is 15.2. The van der Waals surface area contributed by atoms with E-state index in [4.69, 9.17) is 0 Å². The van der Waals surface area contributed by atoms with Crippen LogP contribution in [0, 0.1) is 0 Å². The highest BCUT2D eigenvalue weighted by Gasteiger charge is 2.32. The predicted octanol–water partition coefficient (Wildman–Crippen LogP) is 1.08. The van der Waals surface area contributed by atoms with Crippen LogP contribution in [0.1, 0.15) is 13.3 Å². The Labute approximate surface area is 61.6 Å². The lowest BCUT2D eigenvalue weighted by atomic mass is 10.1. The molecule has 0 aromatic heterocycles. The molecule has 1 aliphatic heterocycles. The molecule has 0 bridgehead atoms. The first kappa shape index (κ1) is 7.19. The van der Waals surface area contributed by atoms with Crippen LogP contribution in [0.2, 0.25) is 0 Å². The fourth-order valence-corrected chi connectivity index (χ4v) is 1.02. The largest absolute Gasteiger partial charge is 0.255 e. The van der Waals surface area contributed by atoms with Crippen molar-refractivity contribution in [2.75, 3.05) is 7.05 Å². The van der Waals surface area contributed by atoms with E-state index in [2.05, 4.69) is 23.1 Å². The minimum atomic E-state index is -0.0677. The van der Waals surface area contributed by atoms with Gasteiger partial charge in [-0.05, 0) is 0 Å². The molecule has 54 valence electrons. The highest BCUT2D eigenvalue weighted by Crippen LogP contribution is 2.17. The fraction of sp³-hybridized carbons (Fsp3) is 0.500. The van der Waals surface area contributed by atoms with Gasteiger partial charge in [0.25, 0.3) is 5.66 Å². The quantitative estimate of drug-likeness (QED) is 0.400. The Morgan fingerprint density at radius 2 is 2.50 bits per heavy atom. The van der Waals surface area contributed by atoms with Crippen molar-refractivity contribution in [3.63, 3.8) is 0 Å². The molecule has 1 aliphatic rings. The lowest BCUT2D eigenvalue weighted by molar-refractivity contribution is -0.567. The Morgan fingerprint density at radius 3 is 2.90 bits per heavy atom. The van der Waals surface area contributed by atoms with Crippen molar-refractivity contribution < 1.29 is 4.58 Å². The second kappa shape index (κ2) is 2.37. The van der Waals surface area contributed by atoms with Crippen molar-refractivity contribution in [3.05, 3.63) is 12.7 Å². The second-order valence-corrected chi connectivity index (χ2v) is 2.75. The van der Waals surface area contributed by atoms with Crippen molar-refractivity contribution in [1.82, 2.24) is 0 Å². The van der Waals surface area contributed by atoms with Crippen molar-refractivity contribution in [2.24, 2.45) is 4.99 Å². The van der Waals surface area contributed by atoms with Crippen molar-refractivity contribution in [3.8, 4) is 0 Å². The van der Waals surface area contributed by atoms with E-state index >= 15 is 0 Å². The van der Waals surface area contributed by atoms with E-state index < -0.39 is 0 Å². The molecule has 1 rings (SSSR count). The van der Waals surface area contributed by atoms with Gasteiger partial charge >= 0.3 is 0 Å². The van der Waals surface area contributed by atoms with E-state index in [1.165, 1.54) is 0 Å². The summed E-state index contributed by atoms with van der Waals surface area (Å²) in [5, 5.41) is 0. The summed E-state index contributed by atoms with van der Waals surface area (Å²) in [6.45, 7) is 5.78. The zero-order chi connectivity index (χ0) is 7.61. The molecule has 1 unspecified atom stereocenters. The third-order valence-electron chi connectivity index (χ3n) is 1.93. The Kier molecular flexibility index (Phi) is 1.70. The molecule has 2 heteroatoms. The average Bonchev–Trinajstić information content (AvgIpc) is 2.15. The van der Waals surface area contributed by atoms with Crippen LogP contribution < -0.4 is 0 Å². The summed E-state index contributed by atoms with van der Waals surface area (Å²) < 4.78 is 2.09. The van der Waals surface area contributed by atoms with Gasteiger partial charge in [-0.1, -0.05) is 6.08 Å². The second-order valence-electron chi connectivity index (χ2n) is 2.75. The zero-order valence-electron chi connectivity index (χ0n) is 6.54. The molecule has 0 N–H and O–H groups in total. The van der Waals surface area contributed by atoms with Gasteiger partial charge in [-0.15, -0.1) is 6.58 Å². The summed E-state index contributed by atoms with van der Waals surface area (Å²) in [6, 6.07) is 0. The molecule has 1 atom stereocenters. The van der Waals surface area contributed by atoms with Crippen LogP contribution >= 0.6 is 0 Å². The third-order valence-corrected chi connectivity index (χ3v) is 1.93. The average molecular weight is 137 g/mol. The normalized spacial score (nSPS) is 30.4. The van der Waals surface area contributed by atoms with E-state index in [0.717, 1.165) is 6.42 Å². The van der Waals surface area contributed by atoms with E-state index in [-0.39, 0.29) is 5.66 Å². The number of nitrogens with zero attached hydrogens (tertiary/aromatic N) is 2. The van der Waals surface area contributed by atoms with Gasteiger partial charge in [0, 0.05) is 6.92 Å². The number of hydrogen-bond acceptors (Lipinski definition) is 1. The first-order valence-corrected chi connectivity index (χ1v) is 3.41. The van der Waals surface area contributed by atoms with Crippen LogP contribution in [-0.2, 0) is 0 Å². The van der Waals surface area contributed by atoms with Gasteiger partial charge in [0.15, 0.2) is 6.21 Å². The van der Waals surface area contributed by atoms with Crippen LogP contribution in [0.3, 0.4) is 0 Å². The number of aliphatic imine (C=N–C) groups is 1. The summed E-state index contributed by atoms with van der Waals surface area (Å²) in [4.78, 5) is 4.31. The monoisotopic (exact) mass is 137 g/mol. The van der Waals surface area contributed by atoms with Gasteiger partial charge in [0.1, 0.15) is 7.05 Å². The van der Waals surface area contributed by atoms with E-state index in [9.17, 15) is 0 Å². The summed E-state index contributed by atoms with van der Waals surface area (Å²) in [6.07, 6.45) is 6.61. The first-order valence-electron chi connectivity index (χ1n) is 3.41. The zero-order valence-corrected chi connectivity index (χ0v) is 6.54. The molecule has 1 heterocycles.